The fraction of sp³-hybridized carbons (Fsp3) is 0.875. The Morgan fingerprint density at radius 2 is 2.00 bits per heavy atom. The molecule has 0 saturated heterocycles. The maximum atomic E-state index is 12.5. The first-order chi connectivity index (χ1) is 10.6. The Kier molecular flexibility index (Phi) is 4.85. The number of sulfone groups is 1. The molecule has 1 aromatic heterocycles. The Labute approximate surface area is 133 Å². The molecule has 2 heterocycles. The third kappa shape index (κ3) is 3.53. The Morgan fingerprint density at radius 1 is 1.18 bits per heavy atom. The van der Waals surface area contributed by atoms with Gasteiger partial charge < -0.3 is 0 Å². The molecule has 3 rings (SSSR count). The Morgan fingerprint density at radius 3 is 2.82 bits per heavy atom. The van der Waals surface area contributed by atoms with Crippen LogP contribution in [-0.4, -0.2) is 29.4 Å². The van der Waals surface area contributed by atoms with Crippen molar-refractivity contribution in [2.75, 3.05) is 5.75 Å². The summed E-state index contributed by atoms with van der Waals surface area (Å²) < 4.78 is 25.1. The number of fused-ring (bicyclic) bond motifs is 4. The molecule has 6 heteroatoms. The van der Waals surface area contributed by atoms with Gasteiger partial charge in [0.1, 0.15) is 5.82 Å². The van der Waals surface area contributed by atoms with Gasteiger partial charge in [-0.1, -0.05) is 39.0 Å². The summed E-state index contributed by atoms with van der Waals surface area (Å²) in [4.78, 5) is 4.22. The summed E-state index contributed by atoms with van der Waals surface area (Å²) in [6.07, 6.45) is 10.2. The van der Waals surface area contributed by atoms with Crippen LogP contribution in [0.25, 0.3) is 0 Å². The number of aromatic nitrogens is 3. The van der Waals surface area contributed by atoms with Crippen LogP contribution in [0, 0.1) is 17.8 Å². The third-order valence-electron chi connectivity index (χ3n) is 5.45. The van der Waals surface area contributed by atoms with E-state index in [4.69, 9.17) is 0 Å². The molecule has 1 N–H and O–H groups in total. The van der Waals surface area contributed by atoms with E-state index < -0.39 is 9.84 Å². The number of nitrogens with one attached hydrogen (secondary N) is 1. The molecule has 124 valence electrons. The van der Waals surface area contributed by atoms with Crippen molar-refractivity contribution < 1.29 is 8.42 Å². The first kappa shape index (κ1) is 16.0. The predicted molar refractivity (Wildman–Crippen MR) is 85.2 cm³/mol. The quantitative estimate of drug-likeness (QED) is 0.860. The Balaban J connectivity index is 1.81. The van der Waals surface area contributed by atoms with E-state index in [2.05, 4.69) is 22.1 Å². The molecule has 3 unspecified atom stereocenters. The van der Waals surface area contributed by atoms with Gasteiger partial charge in [-0.15, -0.1) is 5.10 Å². The number of hydrogen-bond acceptors (Lipinski definition) is 4. The molecule has 1 aliphatic carbocycles. The van der Waals surface area contributed by atoms with Crippen LogP contribution in [-0.2, 0) is 16.3 Å². The van der Waals surface area contributed by atoms with Crippen LogP contribution >= 0.6 is 0 Å². The highest BCUT2D eigenvalue weighted by atomic mass is 32.2. The molecular formula is C16H27N3O2S. The van der Waals surface area contributed by atoms with E-state index in [9.17, 15) is 8.42 Å². The van der Waals surface area contributed by atoms with Gasteiger partial charge >= 0.3 is 0 Å². The van der Waals surface area contributed by atoms with Crippen molar-refractivity contribution in [3.8, 4) is 0 Å². The van der Waals surface area contributed by atoms with E-state index in [-0.39, 0.29) is 16.8 Å². The number of rotatable bonds is 1. The second-order valence-electron chi connectivity index (χ2n) is 7.06. The van der Waals surface area contributed by atoms with E-state index in [1.165, 1.54) is 32.1 Å². The van der Waals surface area contributed by atoms with Crippen LogP contribution in [0.5, 0.6) is 0 Å². The minimum atomic E-state index is -3.35. The molecule has 2 aliphatic rings. The highest BCUT2D eigenvalue weighted by Gasteiger charge is 2.36. The summed E-state index contributed by atoms with van der Waals surface area (Å²) in [5.41, 5.74) is 0. The van der Waals surface area contributed by atoms with E-state index in [0.29, 0.717) is 11.7 Å². The van der Waals surface area contributed by atoms with Gasteiger partial charge in [-0.2, -0.15) is 0 Å². The smallest absolute Gasteiger partial charge is 0.262 e. The second-order valence-corrected chi connectivity index (χ2v) is 8.99. The first-order valence-corrected chi connectivity index (χ1v) is 10.4. The molecule has 1 aliphatic heterocycles. The van der Waals surface area contributed by atoms with Gasteiger partial charge in [-0.25, -0.2) is 13.4 Å². The standard InChI is InChI=1S/C16H27N3O2S/c1-2-13-9-12-10-14(13)7-5-3-4-6-8-15-17-16(19-18-15)22(20,21)11-12/h12-14H,2-11H2,1H3,(H,17,18,19). The number of nitrogens with zero attached hydrogens (tertiary/aromatic N) is 2. The Bertz CT molecular complexity index is 596. The third-order valence-corrected chi connectivity index (χ3v) is 7.10. The van der Waals surface area contributed by atoms with Gasteiger partial charge in [0.2, 0.25) is 9.84 Å². The zero-order valence-corrected chi connectivity index (χ0v) is 14.2. The van der Waals surface area contributed by atoms with Gasteiger partial charge in [0.15, 0.2) is 0 Å². The topological polar surface area (TPSA) is 75.7 Å². The van der Waals surface area contributed by atoms with Crippen LogP contribution in [0.1, 0.15) is 64.1 Å². The second kappa shape index (κ2) is 6.69. The average molecular weight is 325 g/mol. The molecule has 5 nitrogen and oxygen atoms in total. The summed E-state index contributed by atoms with van der Waals surface area (Å²) in [7, 11) is -3.35. The predicted octanol–water partition coefficient (Wildman–Crippen LogP) is 3.14. The molecule has 1 saturated carbocycles. The van der Waals surface area contributed by atoms with Crippen molar-refractivity contribution in [1.29, 1.82) is 0 Å². The normalized spacial score (nSPS) is 32.5. The number of hydrogen-bond donors (Lipinski definition) is 1. The number of aryl methyl sites for hydroxylation is 1. The van der Waals surface area contributed by atoms with Gasteiger partial charge in [0.25, 0.3) is 5.16 Å². The van der Waals surface area contributed by atoms with Crippen molar-refractivity contribution in [3.05, 3.63) is 5.82 Å². The Hall–Kier alpha value is -0.910. The molecule has 0 amide bonds. The van der Waals surface area contributed by atoms with Crippen LogP contribution in [0.3, 0.4) is 0 Å². The van der Waals surface area contributed by atoms with Gasteiger partial charge in [-0.3, -0.25) is 5.10 Å². The molecule has 22 heavy (non-hydrogen) atoms. The minimum absolute atomic E-state index is 0.0102. The summed E-state index contributed by atoms with van der Waals surface area (Å²) in [5, 5.41) is 6.77. The lowest BCUT2D eigenvalue weighted by molar-refractivity contribution is 0.342. The summed E-state index contributed by atoms with van der Waals surface area (Å²) in [5.74, 6) is 2.64. The highest BCUT2D eigenvalue weighted by Crippen LogP contribution is 2.42. The molecular weight excluding hydrogens is 298 g/mol. The maximum absolute atomic E-state index is 12.5. The van der Waals surface area contributed by atoms with Crippen LogP contribution in [0.2, 0.25) is 0 Å². The van der Waals surface area contributed by atoms with Crippen molar-refractivity contribution in [3.63, 3.8) is 0 Å². The molecule has 1 fully saturated rings. The van der Waals surface area contributed by atoms with Gasteiger partial charge in [0.05, 0.1) is 5.75 Å². The van der Waals surface area contributed by atoms with Crippen molar-refractivity contribution >= 4 is 9.84 Å². The van der Waals surface area contributed by atoms with E-state index in [1.807, 2.05) is 0 Å². The lowest BCUT2D eigenvalue weighted by atomic mass is 9.89. The lowest BCUT2D eigenvalue weighted by Gasteiger charge is -2.17. The molecule has 0 spiro atoms. The molecule has 0 radical (unpaired) electrons. The van der Waals surface area contributed by atoms with Crippen molar-refractivity contribution in [2.24, 2.45) is 17.8 Å². The molecule has 0 aromatic carbocycles. The molecule has 4 bridgehead atoms. The fourth-order valence-electron chi connectivity index (χ4n) is 4.29. The van der Waals surface area contributed by atoms with Crippen molar-refractivity contribution in [1.82, 2.24) is 15.2 Å². The van der Waals surface area contributed by atoms with Crippen LogP contribution < -0.4 is 0 Å². The zero-order valence-electron chi connectivity index (χ0n) is 13.4. The minimum Gasteiger partial charge on any atom is -0.262 e. The first-order valence-electron chi connectivity index (χ1n) is 8.72. The largest absolute Gasteiger partial charge is 0.266 e. The monoisotopic (exact) mass is 325 g/mol. The van der Waals surface area contributed by atoms with E-state index >= 15 is 0 Å². The van der Waals surface area contributed by atoms with Crippen LogP contribution in [0.15, 0.2) is 5.16 Å². The number of H-pyrrole nitrogens is 1. The summed E-state index contributed by atoms with van der Waals surface area (Å²) >= 11 is 0. The van der Waals surface area contributed by atoms with E-state index in [1.54, 1.807) is 0 Å². The average Bonchev–Trinajstić information content (AvgIpc) is 3.08. The summed E-state index contributed by atoms with van der Waals surface area (Å²) in [6, 6.07) is 0. The van der Waals surface area contributed by atoms with E-state index in [0.717, 1.165) is 31.6 Å². The van der Waals surface area contributed by atoms with Crippen molar-refractivity contribution in [2.45, 2.75) is 69.9 Å². The summed E-state index contributed by atoms with van der Waals surface area (Å²) in [6.45, 7) is 2.24. The SMILES string of the molecule is CCC1CC2CC1CCCCCCc1nc(n[nH]1)S(=O)(=O)C2. The maximum Gasteiger partial charge on any atom is 0.266 e. The molecule has 3 atom stereocenters. The fourth-order valence-corrected chi connectivity index (χ4v) is 5.77. The van der Waals surface area contributed by atoms with Gasteiger partial charge in [0, 0.05) is 6.42 Å². The van der Waals surface area contributed by atoms with Gasteiger partial charge in [-0.05, 0) is 37.0 Å². The zero-order chi connectivity index (χ0) is 15.6. The number of aromatic amines is 1. The molecule has 1 aromatic rings. The van der Waals surface area contributed by atoms with Crippen LogP contribution in [0.4, 0.5) is 0 Å². The lowest BCUT2D eigenvalue weighted by Crippen LogP contribution is -2.16. The highest BCUT2D eigenvalue weighted by molar-refractivity contribution is 7.91.